The van der Waals surface area contributed by atoms with Crippen molar-refractivity contribution in [3.63, 3.8) is 0 Å². The van der Waals surface area contributed by atoms with Crippen LogP contribution in [0.1, 0.15) is 59.6 Å². The Kier molecular flexibility index (Phi) is 6.86. The summed E-state index contributed by atoms with van der Waals surface area (Å²) in [4.78, 5) is 39.6. The van der Waals surface area contributed by atoms with Crippen LogP contribution in [0.15, 0.2) is 72.2 Å². The summed E-state index contributed by atoms with van der Waals surface area (Å²) in [6.07, 6.45) is 7.46. The largest absolute Gasteiger partial charge is 0.370 e. The van der Waals surface area contributed by atoms with Crippen molar-refractivity contribution < 1.29 is 4.79 Å². The number of pyridine rings is 1. The van der Waals surface area contributed by atoms with E-state index < -0.39 is 6.04 Å². The van der Waals surface area contributed by atoms with Crippen LogP contribution in [0.3, 0.4) is 0 Å². The molecular formula is C34H36N6O2. The lowest BCUT2D eigenvalue weighted by atomic mass is 9.86. The Bertz CT molecular complexity index is 1730. The normalized spacial score (nSPS) is 20.3. The second-order valence-electron chi connectivity index (χ2n) is 11.9. The molecule has 8 heteroatoms. The molecule has 2 atom stereocenters. The van der Waals surface area contributed by atoms with Crippen LogP contribution in [0.25, 0.3) is 16.6 Å². The first-order chi connectivity index (χ1) is 20.5. The monoisotopic (exact) mass is 560 g/mol. The first kappa shape index (κ1) is 26.6. The molecule has 1 saturated heterocycles. The number of benzene rings is 2. The number of hydrogen-bond acceptors (Lipinski definition) is 7. The highest BCUT2D eigenvalue weighted by Gasteiger charge is 2.33. The Morgan fingerprint density at radius 3 is 2.64 bits per heavy atom. The van der Waals surface area contributed by atoms with Crippen molar-refractivity contribution in [3.05, 3.63) is 94.4 Å². The number of piperidine rings is 1. The SMILES string of the molecule is C=C(c1cc2cnc(Nc3ccc(N(C)C4CCCNC4)cc3)nc2n(C2CCc3ccccc3C2=O)c1=O)C1CC1. The Balaban J connectivity index is 1.24. The predicted molar refractivity (Wildman–Crippen MR) is 168 cm³/mol. The molecule has 1 aliphatic heterocycles. The number of allylic oxidation sites excluding steroid dienone is 1. The molecule has 0 bridgehead atoms. The number of aromatic nitrogens is 3. The number of anilines is 3. The molecule has 42 heavy (non-hydrogen) atoms. The van der Waals surface area contributed by atoms with Crippen molar-refractivity contribution >= 4 is 39.7 Å². The van der Waals surface area contributed by atoms with E-state index in [1.165, 1.54) is 12.8 Å². The maximum atomic E-state index is 14.1. The number of fused-ring (bicyclic) bond motifs is 2. The Morgan fingerprint density at radius 1 is 1.07 bits per heavy atom. The molecule has 0 spiro atoms. The summed E-state index contributed by atoms with van der Waals surface area (Å²) in [5.41, 5.74) is 5.38. The molecule has 2 unspecified atom stereocenters. The number of hydrogen-bond donors (Lipinski definition) is 2. The van der Waals surface area contributed by atoms with E-state index in [2.05, 4.69) is 46.3 Å². The fourth-order valence-corrected chi connectivity index (χ4v) is 6.46. The molecule has 0 amide bonds. The van der Waals surface area contributed by atoms with E-state index in [0.717, 1.165) is 60.2 Å². The molecule has 1 saturated carbocycles. The highest BCUT2D eigenvalue weighted by atomic mass is 16.1. The van der Waals surface area contributed by atoms with E-state index in [0.29, 0.717) is 41.1 Å². The van der Waals surface area contributed by atoms with Gasteiger partial charge < -0.3 is 15.5 Å². The number of carbonyl (C=O) groups is 1. The van der Waals surface area contributed by atoms with Crippen molar-refractivity contribution in [2.45, 2.75) is 50.6 Å². The number of carbonyl (C=O) groups excluding carboxylic acids is 1. The molecule has 2 N–H and O–H groups in total. The maximum absolute atomic E-state index is 14.1. The summed E-state index contributed by atoms with van der Waals surface area (Å²) >= 11 is 0. The molecule has 2 aliphatic carbocycles. The van der Waals surface area contributed by atoms with Gasteiger partial charge in [0.2, 0.25) is 5.95 Å². The van der Waals surface area contributed by atoms with Gasteiger partial charge >= 0.3 is 0 Å². The van der Waals surface area contributed by atoms with Gasteiger partial charge in [-0.25, -0.2) is 4.98 Å². The van der Waals surface area contributed by atoms with Crippen LogP contribution in [-0.2, 0) is 6.42 Å². The molecule has 214 valence electrons. The molecule has 2 aromatic heterocycles. The third-order valence-electron chi connectivity index (χ3n) is 9.12. The topological polar surface area (TPSA) is 92.2 Å². The number of rotatable bonds is 7. The van der Waals surface area contributed by atoms with Gasteiger partial charge in [-0.05, 0) is 92.5 Å². The van der Waals surface area contributed by atoms with E-state index in [9.17, 15) is 9.59 Å². The van der Waals surface area contributed by atoms with Crippen LogP contribution in [-0.4, -0.2) is 46.5 Å². The third kappa shape index (κ3) is 4.90. The summed E-state index contributed by atoms with van der Waals surface area (Å²) in [5.74, 6) is 0.658. The summed E-state index contributed by atoms with van der Waals surface area (Å²) in [5, 5.41) is 7.52. The lowest BCUT2D eigenvalue weighted by Gasteiger charge is -2.33. The predicted octanol–water partition coefficient (Wildman–Crippen LogP) is 5.52. The molecule has 3 aliphatic rings. The highest BCUT2D eigenvalue weighted by Crippen LogP contribution is 2.41. The second-order valence-corrected chi connectivity index (χ2v) is 11.9. The van der Waals surface area contributed by atoms with E-state index in [1.54, 1.807) is 10.8 Å². The van der Waals surface area contributed by atoms with Crippen molar-refractivity contribution in [1.29, 1.82) is 0 Å². The summed E-state index contributed by atoms with van der Waals surface area (Å²) in [7, 11) is 2.14. The van der Waals surface area contributed by atoms with Gasteiger partial charge in [-0.1, -0.05) is 30.8 Å². The number of likely N-dealkylation sites (N-methyl/N-ethyl adjacent to an activating group) is 1. The summed E-state index contributed by atoms with van der Waals surface area (Å²) in [6, 6.07) is 17.6. The van der Waals surface area contributed by atoms with Crippen LogP contribution in [0, 0.1) is 5.92 Å². The van der Waals surface area contributed by atoms with Gasteiger partial charge in [-0.2, -0.15) is 4.98 Å². The van der Waals surface area contributed by atoms with Gasteiger partial charge in [0.1, 0.15) is 11.7 Å². The van der Waals surface area contributed by atoms with Gasteiger partial charge in [0.25, 0.3) is 5.56 Å². The van der Waals surface area contributed by atoms with E-state index in [-0.39, 0.29) is 11.3 Å². The van der Waals surface area contributed by atoms with Gasteiger partial charge in [-0.3, -0.25) is 14.2 Å². The standard InChI is InChI=1S/C34H36N6O2/c1-21(22-9-10-22)29-18-24-19-36-34(37-25-12-14-26(15-13-25)39(2)27-7-5-17-35-20-27)38-32(24)40(33(29)42)30-16-11-23-6-3-4-8-28(23)31(30)41/h3-4,6,8,12-15,18-19,22,27,30,35H,1,5,7,9-11,16-17,20H2,2H3,(H,36,37,38). The Labute approximate surface area is 245 Å². The van der Waals surface area contributed by atoms with Crippen molar-refractivity contribution in [2.24, 2.45) is 5.92 Å². The minimum atomic E-state index is -0.631. The van der Waals surface area contributed by atoms with Crippen LogP contribution >= 0.6 is 0 Å². The van der Waals surface area contributed by atoms with Gasteiger partial charge in [0, 0.05) is 53.7 Å². The van der Waals surface area contributed by atoms with Crippen LogP contribution < -0.4 is 21.1 Å². The molecule has 3 heterocycles. The van der Waals surface area contributed by atoms with Crippen molar-refractivity contribution in [2.75, 3.05) is 30.4 Å². The average Bonchev–Trinajstić information content (AvgIpc) is 3.88. The van der Waals surface area contributed by atoms with E-state index in [1.807, 2.05) is 42.5 Å². The van der Waals surface area contributed by atoms with Crippen molar-refractivity contribution in [3.8, 4) is 0 Å². The number of aryl methyl sites for hydroxylation is 1. The number of ketones is 1. The minimum absolute atomic E-state index is 0.0459. The molecule has 0 radical (unpaired) electrons. The molecule has 7 rings (SSSR count). The summed E-state index contributed by atoms with van der Waals surface area (Å²) < 4.78 is 1.61. The smallest absolute Gasteiger partial charge is 0.260 e. The quantitative estimate of drug-likeness (QED) is 0.308. The van der Waals surface area contributed by atoms with Gasteiger partial charge in [0.05, 0.1) is 0 Å². The number of nitrogens with one attached hydrogen (secondary N) is 2. The molecule has 2 fully saturated rings. The first-order valence-corrected chi connectivity index (χ1v) is 15.0. The van der Waals surface area contributed by atoms with E-state index >= 15 is 0 Å². The highest BCUT2D eigenvalue weighted by molar-refractivity contribution is 6.02. The third-order valence-corrected chi connectivity index (χ3v) is 9.12. The van der Waals surface area contributed by atoms with Crippen LogP contribution in [0.2, 0.25) is 0 Å². The Hall–Kier alpha value is -4.30. The van der Waals surface area contributed by atoms with Crippen LogP contribution in [0.5, 0.6) is 0 Å². The lowest BCUT2D eigenvalue weighted by molar-refractivity contribution is 0.0908. The molecule has 8 nitrogen and oxygen atoms in total. The lowest BCUT2D eigenvalue weighted by Crippen LogP contribution is -2.44. The molecule has 2 aromatic carbocycles. The van der Waals surface area contributed by atoms with Gasteiger partial charge in [-0.15, -0.1) is 0 Å². The minimum Gasteiger partial charge on any atom is -0.370 e. The molecular weight excluding hydrogens is 524 g/mol. The number of nitrogens with zero attached hydrogens (tertiary/aromatic N) is 4. The number of Topliss-reactive ketones (excluding diaryl/α,β-unsaturated/α-hetero) is 1. The first-order valence-electron chi connectivity index (χ1n) is 15.0. The zero-order chi connectivity index (χ0) is 28.8. The second kappa shape index (κ2) is 10.8. The van der Waals surface area contributed by atoms with Crippen molar-refractivity contribution in [1.82, 2.24) is 19.9 Å². The fraction of sp³-hybridized carbons (Fsp3) is 0.353. The van der Waals surface area contributed by atoms with E-state index in [4.69, 9.17) is 4.98 Å². The van der Waals surface area contributed by atoms with Gasteiger partial charge in [0.15, 0.2) is 5.78 Å². The molecule has 4 aromatic rings. The zero-order valence-electron chi connectivity index (χ0n) is 24.0. The Morgan fingerprint density at radius 2 is 1.88 bits per heavy atom. The summed E-state index contributed by atoms with van der Waals surface area (Å²) in [6.45, 7) is 6.34. The fourth-order valence-electron chi connectivity index (χ4n) is 6.46. The average molecular weight is 561 g/mol. The van der Waals surface area contributed by atoms with Crippen LogP contribution in [0.4, 0.5) is 17.3 Å². The maximum Gasteiger partial charge on any atom is 0.260 e. The zero-order valence-corrected chi connectivity index (χ0v) is 24.0.